The SMILES string of the molecule is CCOC(=O)CCCCCCC1C(O)CCC1SCC(O)CCCCCCC(F)(F)F. The molecule has 0 saturated heterocycles. The maximum Gasteiger partial charge on any atom is 0.389 e. The van der Waals surface area contributed by atoms with Crippen molar-refractivity contribution in [2.45, 2.75) is 120 Å². The number of alkyl halides is 3. The molecule has 0 bridgehead atoms. The number of unbranched alkanes of at least 4 members (excludes halogenated alkanes) is 6. The highest BCUT2D eigenvalue weighted by atomic mass is 32.2. The van der Waals surface area contributed by atoms with E-state index in [4.69, 9.17) is 4.74 Å². The van der Waals surface area contributed by atoms with Crippen LogP contribution in [0.2, 0.25) is 0 Å². The van der Waals surface area contributed by atoms with E-state index < -0.39 is 18.7 Å². The van der Waals surface area contributed by atoms with Gasteiger partial charge in [0.15, 0.2) is 0 Å². The van der Waals surface area contributed by atoms with Crippen LogP contribution in [0.5, 0.6) is 0 Å². The lowest BCUT2D eigenvalue weighted by molar-refractivity contribution is -0.143. The van der Waals surface area contributed by atoms with Gasteiger partial charge in [0.25, 0.3) is 0 Å². The summed E-state index contributed by atoms with van der Waals surface area (Å²) >= 11 is 1.73. The number of carbonyl (C=O) groups excluding carboxylic acids is 1. The van der Waals surface area contributed by atoms with Crippen LogP contribution in [0.4, 0.5) is 13.2 Å². The minimum Gasteiger partial charge on any atom is -0.466 e. The van der Waals surface area contributed by atoms with Gasteiger partial charge in [0.1, 0.15) is 0 Å². The Morgan fingerprint density at radius 3 is 2.45 bits per heavy atom. The number of carbonyl (C=O) groups is 1. The van der Waals surface area contributed by atoms with E-state index in [0.717, 1.165) is 57.8 Å². The number of aliphatic hydroxyl groups is 2. The fraction of sp³-hybridized carbons (Fsp3) is 0.957. The van der Waals surface area contributed by atoms with Crippen molar-refractivity contribution in [3.63, 3.8) is 0 Å². The van der Waals surface area contributed by atoms with Crippen molar-refractivity contribution in [1.82, 2.24) is 0 Å². The number of ether oxygens (including phenoxy) is 1. The Hall–Kier alpha value is -0.470. The van der Waals surface area contributed by atoms with Gasteiger partial charge < -0.3 is 14.9 Å². The molecule has 0 radical (unpaired) electrons. The number of halogens is 3. The molecule has 1 aliphatic carbocycles. The molecule has 0 spiro atoms. The quantitative estimate of drug-likeness (QED) is 0.201. The Bertz CT molecular complexity index is 476. The van der Waals surface area contributed by atoms with Crippen molar-refractivity contribution < 1.29 is 32.9 Å². The summed E-state index contributed by atoms with van der Waals surface area (Å²) in [6, 6.07) is 0. The van der Waals surface area contributed by atoms with Gasteiger partial charge in [0, 0.05) is 23.8 Å². The van der Waals surface area contributed by atoms with Crippen molar-refractivity contribution in [3.8, 4) is 0 Å². The number of hydrogen-bond acceptors (Lipinski definition) is 5. The maximum atomic E-state index is 12.1. The number of aliphatic hydroxyl groups excluding tert-OH is 2. The van der Waals surface area contributed by atoms with E-state index in [0.29, 0.717) is 36.9 Å². The van der Waals surface area contributed by atoms with Crippen LogP contribution in [0.25, 0.3) is 0 Å². The molecule has 0 aliphatic heterocycles. The van der Waals surface area contributed by atoms with Crippen LogP contribution in [0, 0.1) is 5.92 Å². The maximum absolute atomic E-state index is 12.1. The molecular formula is C23H41F3O4S. The molecule has 0 aromatic rings. The van der Waals surface area contributed by atoms with Gasteiger partial charge >= 0.3 is 12.1 Å². The number of hydrogen-bond donors (Lipinski definition) is 2. The number of rotatable bonds is 17. The largest absolute Gasteiger partial charge is 0.466 e. The van der Waals surface area contributed by atoms with E-state index >= 15 is 0 Å². The van der Waals surface area contributed by atoms with Gasteiger partial charge in [-0.3, -0.25) is 4.79 Å². The summed E-state index contributed by atoms with van der Waals surface area (Å²) in [6.07, 6.45) is 4.42. The topological polar surface area (TPSA) is 66.8 Å². The van der Waals surface area contributed by atoms with Gasteiger partial charge in [0.2, 0.25) is 0 Å². The van der Waals surface area contributed by atoms with Crippen molar-refractivity contribution >= 4 is 17.7 Å². The van der Waals surface area contributed by atoms with E-state index in [9.17, 15) is 28.2 Å². The summed E-state index contributed by atoms with van der Waals surface area (Å²) in [5.74, 6) is 0.741. The van der Waals surface area contributed by atoms with Crippen molar-refractivity contribution in [2.75, 3.05) is 12.4 Å². The lowest BCUT2D eigenvalue weighted by atomic mass is 9.97. The average molecular weight is 471 g/mol. The van der Waals surface area contributed by atoms with E-state index in [1.54, 1.807) is 18.7 Å². The standard InChI is InChI=1S/C23H41F3O4S/c1-2-30-22(29)13-9-4-3-8-12-19-20(28)14-15-21(19)31-17-18(27)11-7-5-6-10-16-23(24,25)26/h18-21,27-28H,2-17H2,1H3. The third-order valence-corrected chi connectivity index (χ3v) is 7.53. The van der Waals surface area contributed by atoms with Gasteiger partial charge in [-0.1, -0.05) is 38.5 Å². The second-order valence-corrected chi connectivity index (χ2v) is 9.93. The Labute approximate surface area is 189 Å². The predicted octanol–water partition coefficient (Wildman–Crippen LogP) is 6.03. The van der Waals surface area contributed by atoms with Crippen LogP contribution in [0.15, 0.2) is 0 Å². The van der Waals surface area contributed by atoms with Crippen LogP contribution in [0.3, 0.4) is 0 Å². The fourth-order valence-electron chi connectivity index (χ4n) is 4.21. The monoisotopic (exact) mass is 470 g/mol. The molecule has 0 aromatic carbocycles. The van der Waals surface area contributed by atoms with E-state index in [2.05, 4.69) is 0 Å². The second-order valence-electron chi connectivity index (χ2n) is 8.66. The Morgan fingerprint density at radius 1 is 1.06 bits per heavy atom. The zero-order valence-corrected chi connectivity index (χ0v) is 19.7. The molecule has 0 aromatic heterocycles. The van der Waals surface area contributed by atoms with Crippen LogP contribution in [-0.2, 0) is 9.53 Å². The highest BCUT2D eigenvalue weighted by Crippen LogP contribution is 2.39. The Balaban J connectivity index is 2.11. The van der Waals surface area contributed by atoms with Gasteiger partial charge in [-0.2, -0.15) is 24.9 Å². The molecule has 0 heterocycles. The molecule has 8 heteroatoms. The summed E-state index contributed by atoms with van der Waals surface area (Å²) < 4.78 is 41.3. The predicted molar refractivity (Wildman–Crippen MR) is 119 cm³/mol. The zero-order chi connectivity index (χ0) is 23.1. The fourth-order valence-corrected chi connectivity index (χ4v) is 5.71. The van der Waals surface area contributed by atoms with Crippen LogP contribution < -0.4 is 0 Å². The van der Waals surface area contributed by atoms with Gasteiger partial charge in [0.05, 0.1) is 18.8 Å². The summed E-state index contributed by atoms with van der Waals surface area (Å²) in [6.45, 7) is 2.23. The molecule has 184 valence electrons. The second kappa shape index (κ2) is 16.2. The summed E-state index contributed by atoms with van der Waals surface area (Å²) in [7, 11) is 0. The van der Waals surface area contributed by atoms with E-state index in [1.807, 2.05) is 0 Å². The molecule has 0 amide bonds. The average Bonchev–Trinajstić information content (AvgIpc) is 3.04. The van der Waals surface area contributed by atoms with Crippen LogP contribution >= 0.6 is 11.8 Å². The molecular weight excluding hydrogens is 429 g/mol. The summed E-state index contributed by atoms with van der Waals surface area (Å²) in [5.41, 5.74) is 0. The normalized spacial score (nSPS) is 22.6. The molecule has 4 nitrogen and oxygen atoms in total. The van der Waals surface area contributed by atoms with Crippen LogP contribution in [-0.4, -0.2) is 52.2 Å². The lowest BCUT2D eigenvalue weighted by Crippen LogP contribution is -2.22. The van der Waals surface area contributed by atoms with E-state index in [1.165, 1.54) is 0 Å². The highest BCUT2D eigenvalue weighted by molar-refractivity contribution is 7.99. The minimum atomic E-state index is -4.07. The smallest absolute Gasteiger partial charge is 0.389 e. The summed E-state index contributed by atoms with van der Waals surface area (Å²) in [5, 5.41) is 20.9. The minimum absolute atomic E-state index is 0.134. The molecule has 1 rings (SSSR count). The molecule has 4 atom stereocenters. The third kappa shape index (κ3) is 14.3. The zero-order valence-electron chi connectivity index (χ0n) is 18.9. The molecule has 1 aliphatic rings. The highest BCUT2D eigenvalue weighted by Gasteiger charge is 2.34. The molecule has 1 saturated carbocycles. The van der Waals surface area contributed by atoms with Gasteiger partial charge in [-0.05, 0) is 51.4 Å². The van der Waals surface area contributed by atoms with Crippen LogP contribution in [0.1, 0.15) is 96.8 Å². The van der Waals surface area contributed by atoms with Crippen molar-refractivity contribution in [2.24, 2.45) is 5.92 Å². The lowest BCUT2D eigenvalue weighted by Gasteiger charge is -2.23. The molecule has 4 unspecified atom stereocenters. The first-order valence-corrected chi connectivity index (χ1v) is 13.0. The van der Waals surface area contributed by atoms with Gasteiger partial charge in [-0.25, -0.2) is 0 Å². The summed E-state index contributed by atoms with van der Waals surface area (Å²) in [4.78, 5) is 11.3. The van der Waals surface area contributed by atoms with Crippen molar-refractivity contribution in [1.29, 1.82) is 0 Å². The molecule has 31 heavy (non-hydrogen) atoms. The third-order valence-electron chi connectivity index (χ3n) is 5.94. The molecule has 1 fully saturated rings. The molecule has 2 N–H and O–H groups in total. The first-order chi connectivity index (χ1) is 14.7. The Morgan fingerprint density at radius 2 is 1.74 bits per heavy atom. The first-order valence-electron chi connectivity index (χ1n) is 11.9. The first kappa shape index (κ1) is 28.6. The van der Waals surface area contributed by atoms with Crippen molar-refractivity contribution in [3.05, 3.63) is 0 Å². The van der Waals surface area contributed by atoms with Gasteiger partial charge in [-0.15, -0.1) is 0 Å². The van der Waals surface area contributed by atoms with E-state index in [-0.39, 0.29) is 24.4 Å². The number of esters is 1. The Kier molecular flexibility index (Phi) is 14.9. The number of thioether (sulfide) groups is 1.